The van der Waals surface area contributed by atoms with E-state index in [1.807, 2.05) is 32.0 Å². The second-order valence-corrected chi connectivity index (χ2v) is 6.76. The Kier molecular flexibility index (Phi) is 6.34. The first kappa shape index (κ1) is 20.2. The summed E-state index contributed by atoms with van der Waals surface area (Å²) in [6.07, 6.45) is 3.18. The van der Waals surface area contributed by atoms with Crippen LogP contribution in [0.25, 0.3) is 0 Å². The van der Waals surface area contributed by atoms with Crippen LogP contribution >= 0.6 is 0 Å². The molecule has 1 heterocycles. The molecule has 2 aromatic carbocycles. The monoisotopic (exact) mass is 391 g/mol. The van der Waals surface area contributed by atoms with Gasteiger partial charge in [-0.05, 0) is 55.2 Å². The van der Waals surface area contributed by atoms with E-state index in [2.05, 4.69) is 15.6 Å². The number of hydrogen-bond acceptors (Lipinski definition) is 3. The molecule has 0 aliphatic heterocycles. The Bertz CT molecular complexity index is 1050. The van der Waals surface area contributed by atoms with E-state index in [9.17, 15) is 14.0 Å². The molecule has 5 nitrogen and oxygen atoms in total. The van der Waals surface area contributed by atoms with Gasteiger partial charge in [0.15, 0.2) is 0 Å². The first-order chi connectivity index (χ1) is 14.0. The number of carbonyl (C=O) groups is 2. The zero-order valence-corrected chi connectivity index (χ0v) is 16.3. The molecule has 0 fully saturated rings. The number of hydrogen-bond donors (Lipinski definition) is 2. The molecule has 0 aliphatic rings. The van der Waals surface area contributed by atoms with E-state index in [1.165, 1.54) is 24.5 Å². The van der Waals surface area contributed by atoms with Crippen LogP contribution in [0.5, 0.6) is 0 Å². The predicted molar refractivity (Wildman–Crippen MR) is 111 cm³/mol. The summed E-state index contributed by atoms with van der Waals surface area (Å²) in [4.78, 5) is 28.9. The van der Waals surface area contributed by atoms with E-state index in [1.54, 1.807) is 18.2 Å². The van der Waals surface area contributed by atoms with Gasteiger partial charge in [-0.15, -0.1) is 0 Å². The summed E-state index contributed by atoms with van der Waals surface area (Å²) < 4.78 is 13.6. The molecular formula is C23H22FN3O2. The van der Waals surface area contributed by atoms with Crippen LogP contribution < -0.4 is 10.6 Å². The highest BCUT2D eigenvalue weighted by molar-refractivity contribution is 6.06. The zero-order chi connectivity index (χ0) is 20.8. The van der Waals surface area contributed by atoms with Gasteiger partial charge in [0.2, 0.25) is 0 Å². The number of aryl methyl sites for hydroxylation is 1. The molecule has 2 N–H and O–H groups in total. The molecule has 0 bridgehead atoms. The van der Waals surface area contributed by atoms with Crippen LogP contribution in [0, 0.1) is 19.7 Å². The van der Waals surface area contributed by atoms with Crippen molar-refractivity contribution in [2.24, 2.45) is 0 Å². The maximum Gasteiger partial charge on any atom is 0.257 e. The minimum absolute atomic E-state index is 0.271. The third kappa shape index (κ3) is 5.04. The Morgan fingerprint density at radius 1 is 0.966 bits per heavy atom. The van der Waals surface area contributed by atoms with E-state index in [4.69, 9.17) is 0 Å². The van der Waals surface area contributed by atoms with Crippen molar-refractivity contribution in [3.05, 3.63) is 94.6 Å². The lowest BCUT2D eigenvalue weighted by atomic mass is 10.1. The maximum atomic E-state index is 13.6. The fourth-order valence-corrected chi connectivity index (χ4v) is 2.88. The molecule has 148 valence electrons. The summed E-state index contributed by atoms with van der Waals surface area (Å²) >= 11 is 0. The molecular weight excluding hydrogens is 369 g/mol. The van der Waals surface area contributed by atoms with Gasteiger partial charge in [-0.25, -0.2) is 4.39 Å². The summed E-state index contributed by atoms with van der Waals surface area (Å²) in [6.45, 7) is 4.18. The van der Waals surface area contributed by atoms with Crippen LogP contribution in [-0.2, 0) is 6.42 Å². The average molecular weight is 391 g/mol. The molecule has 0 radical (unpaired) electrons. The largest absolute Gasteiger partial charge is 0.352 e. The highest BCUT2D eigenvalue weighted by Gasteiger charge is 2.13. The van der Waals surface area contributed by atoms with Crippen LogP contribution in [0.3, 0.4) is 0 Å². The van der Waals surface area contributed by atoms with Crippen molar-refractivity contribution in [2.45, 2.75) is 20.3 Å². The second kappa shape index (κ2) is 9.10. The fraction of sp³-hybridized carbons (Fsp3) is 0.174. The lowest BCUT2D eigenvalue weighted by molar-refractivity contribution is 0.0953. The number of amides is 2. The van der Waals surface area contributed by atoms with Gasteiger partial charge in [0.1, 0.15) is 5.82 Å². The number of nitrogens with one attached hydrogen (secondary N) is 2. The second-order valence-electron chi connectivity index (χ2n) is 6.76. The highest BCUT2D eigenvalue weighted by Crippen LogP contribution is 2.19. The van der Waals surface area contributed by atoms with Gasteiger partial charge >= 0.3 is 0 Å². The molecule has 0 aliphatic carbocycles. The Morgan fingerprint density at radius 2 is 1.69 bits per heavy atom. The quantitative estimate of drug-likeness (QED) is 0.666. The third-order valence-corrected chi connectivity index (χ3v) is 4.75. The molecule has 0 saturated heterocycles. The molecule has 6 heteroatoms. The first-order valence-corrected chi connectivity index (χ1v) is 9.30. The van der Waals surface area contributed by atoms with Crippen molar-refractivity contribution < 1.29 is 14.0 Å². The van der Waals surface area contributed by atoms with Crippen molar-refractivity contribution in [1.82, 2.24) is 10.3 Å². The van der Waals surface area contributed by atoms with Crippen molar-refractivity contribution in [1.29, 1.82) is 0 Å². The number of halogens is 1. The Labute approximate surface area is 169 Å². The highest BCUT2D eigenvalue weighted by atomic mass is 19.1. The van der Waals surface area contributed by atoms with E-state index in [-0.39, 0.29) is 35.3 Å². The first-order valence-electron chi connectivity index (χ1n) is 9.30. The van der Waals surface area contributed by atoms with Crippen LogP contribution in [0.1, 0.15) is 37.4 Å². The fourth-order valence-electron chi connectivity index (χ4n) is 2.88. The average Bonchev–Trinajstić information content (AvgIpc) is 2.73. The molecule has 3 aromatic rings. The summed E-state index contributed by atoms with van der Waals surface area (Å²) in [6, 6.07) is 13.6. The molecule has 0 saturated carbocycles. The summed E-state index contributed by atoms with van der Waals surface area (Å²) in [5, 5.41) is 5.58. The molecule has 2 amide bonds. The van der Waals surface area contributed by atoms with Gasteiger partial charge < -0.3 is 10.6 Å². The molecule has 29 heavy (non-hydrogen) atoms. The number of nitrogens with zero attached hydrogens (tertiary/aromatic N) is 1. The standard InChI is InChI=1S/C23H22FN3O2/c1-15-6-5-9-21(16(15)2)27-23(29)19-12-18(13-25-14-19)22(28)26-11-10-17-7-3-4-8-20(17)24/h3-9,12-14H,10-11H2,1-2H3,(H,26,28)(H,27,29). The summed E-state index contributed by atoms with van der Waals surface area (Å²) in [5.41, 5.74) is 3.86. The minimum atomic E-state index is -0.366. The van der Waals surface area contributed by atoms with E-state index in [0.29, 0.717) is 12.0 Å². The van der Waals surface area contributed by atoms with Gasteiger partial charge in [0, 0.05) is 24.6 Å². The zero-order valence-electron chi connectivity index (χ0n) is 16.3. The number of anilines is 1. The van der Waals surface area contributed by atoms with Crippen LogP contribution in [0.4, 0.5) is 10.1 Å². The Morgan fingerprint density at radius 3 is 2.45 bits per heavy atom. The molecule has 0 spiro atoms. The third-order valence-electron chi connectivity index (χ3n) is 4.75. The SMILES string of the molecule is Cc1cccc(NC(=O)c2cncc(C(=O)NCCc3ccccc3F)c2)c1C. The van der Waals surface area contributed by atoms with Crippen molar-refractivity contribution in [3.8, 4) is 0 Å². The lowest BCUT2D eigenvalue weighted by Gasteiger charge is -2.11. The summed E-state index contributed by atoms with van der Waals surface area (Å²) in [7, 11) is 0. The number of carbonyl (C=O) groups excluding carboxylic acids is 2. The molecule has 3 rings (SSSR count). The number of aromatic nitrogens is 1. The van der Waals surface area contributed by atoms with Gasteiger partial charge in [-0.3, -0.25) is 14.6 Å². The lowest BCUT2D eigenvalue weighted by Crippen LogP contribution is -2.26. The van der Waals surface area contributed by atoms with Crippen LogP contribution in [0.2, 0.25) is 0 Å². The van der Waals surface area contributed by atoms with E-state index >= 15 is 0 Å². The smallest absolute Gasteiger partial charge is 0.257 e. The Hall–Kier alpha value is -3.54. The number of pyridine rings is 1. The molecule has 0 atom stereocenters. The summed E-state index contributed by atoms with van der Waals surface area (Å²) in [5.74, 6) is -1.00. The van der Waals surface area contributed by atoms with E-state index < -0.39 is 0 Å². The number of rotatable bonds is 6. The topological polar surface area (TPSA) is 71.1 Å². The van der Waals surface area contributed by atoms with Gasteiger partial charge in [-0.2, -0.15) is 0 Å². The van der Waals surface area contributed by atoms with Crippen LogP contribution in [0.15, 0.2) is 60.9 Å². The normalized spacial score (nSPS) is 10.4. The Balaban J connectivity index is 1.63. The minimum Gasteiger partial charge on any atom is -0.352 e. The van der Waals surface area contributed by atoms with Gasteiger partial charge in [0.05, 0.1) is 11.1 Å². The molecule has 1 aromatic heterocycles. The van der Waals surface area contributed by atoms with Crippen molar-refractivity contribution in [3.63, 3.8) is 0 Å². The number of benzene rings is 2. The van der Waals surface area contributed by atoms with Crippen LogP contribution in [-0.4, -0.2) is 23.3 Å². The van der Waals surface area contributed by atoms with Crippen molar-refractivity contribution in [2.75, 3.05) is 11.9 Å². The maximum absolute atomic E-state index is 13.6. The van der Waals surface area contributed by atoms with E-state index in [0.717, 1.165) is 16.8 Å². The van der Waals surface area contributed by atoms with Crippen molar-refractivity contribution >= 4 is 17.5 Å². The van der Waals surface area contributed by atoms with Gasteiger partial charge in [0.25, 0.3) is 11.8 Å². The van der Waals surface area contributed by atoms with Gasteiger partial charge in [-0.1, -0.05) is 30.3 Å². The predicted octanol–water partition coefficient (Wildman–Crippen LogP) is 4.06. The molecule has 0 unspecified atom stereocenters.